The van der Waals surface area contributed by atoms with E-state index in [2.05, 4.69) is 56.9 Å². The lowest BCUT2D eigenvalue weighted by Gasteiger charge is -2.42. The van der Waals surface area contributed by atoms with Crippen LogP contribution in [0.5, 0.6) is 0 Å². The first-order valence-corrected chi connectivity index (χ1v) is 11.9. The van der Waals surface area contributed by atoms with Crippen LogP contribution in [0.1, 0.15) is 96.2 Å². The zero-order chi connectivity index (χ0) is 24.4. The lowest BCUT2D eigenvalue weighted by atomic mass is 9.62. The van der Waals surface area contributed by atoms with Gasteiger partial charge in [0.1, 0.15) is 5.71 Å². The average Bonchev–Trinajstić information content (AvgIpc) is 2.94. The smallest absolute Gasteiger partial charge is 0.410 e. The van der Waals surface area contributed by atoms with E-state index < -0.39 is 18.3 Å². The monoisotopic (exact) mass is 448 g/mol. The van der Waals surface area contributed by atoms with Crippen molar-refractivity contribution in [2.75, 3.05) is 0 Å². The highest BCUT2D eigenvalue weighted by molar-refractivity contribution is 6.62. The van der Waals surface area contributed by atoms with E-state index in [1.165, 1.54) is 11.1 Å². The lowest BCUT2D eigenvalue weighted by molar-refractivity contribution is 0.00578. The normalized spacial score (nSPS) is 22.8. The first-order valence-electron chi connectivity index (χ1n) is 11.9. The Labute approximate surface area is 198 Å². The van der Waals surface area contributed by atoms with E-state index in [1.54, 1.807) is 6.20 Å². The van der Waals surface area contributed by atoms with Crippen molar-refractivity contribution < 1.29 is 14.5 Å². The van der Waals surface area contributed by atoms with Crippen molar-refractivity contribution in [3.63, 3.8) is 0 Å². The second-order valence-corrected chi connectivity index (χ2v) is 12.0. The van der Waals surface area contributed by atoms with Gasteiger partial charge in [-0.25, -0.2) is 0 Å². The van der Waals surface area contributed by atoms with Crippen LogP contribution in [-0.4, -0.2) is 34.2 Å². The van der Waals surface area contributed by atoms with E-state index in [0.717, 1.165) is 29.4 Å². The molecule has 1 saturated heterocycles. The van der Waals surface area contributed by atoms with Gasteiger partial charge in [-0.15, -0.1) is 0 Å². The number of pyridine rings is 1. The third kappa shape index (κ3) is 4.02. The summed E-state index contributed by atoms with van der Waals surface area (Å²) in [6, 6.07) is 8.31. The van der Waals surface area contributed by atoms with Crippen LogP contribution in [0, 0.1) is 6.92 Å². The zero-order valence-electron chi connectivity index (χ0n) is 21.5. The van der Waals surface area contributed by atoms with Crippen LogP contribution < -0.4 is 5.46 Å². The average molecular weight is 448 g/mol. The Morgan fingerprint density at radius 1 is 0.909 bits per heavy atom. The largest absolute Gasteiger partial charge is 0.496 e. The minimum absolute atomic E-state index is 0.0713. The SMILES string of the molecule is Cc1cc2c(cc1/C(=N\O)c1ccc(B3OC(C)(C)C(C)(C)O3)cn1)C(C)(C)CCC2(C)C. The summed E-state index contributed by atoms with van der Waals surface area (Å²) in [6.07, 6.45) is 4.04. The molecule has 5 nitrogen and oxygen atoms in total. The first-order chi connectivity index (χ1) is 15.2. The molecule has 1 aromatic carbocycles. The van der Waals surface area contributed by atoms with E-state index in [0.29, 0.717) is 11.4 Å². The predicted molar refractivity (Wildman–Crippen MR) is 134 cm³/mol. The van der Waals surface area contributed by atoms with Crippen molar-refractivity contribution in [1.29, 1.82) is 0 Å². The molecule has 0 amide bonds. The number of hydrogen-bond donors (Lipinski definition) is 1. The van der Waals surface area contributed by atoms with Gasteiger partial charge in [0.2, 0.25) is 0 Å². The van der Waals surface area contributed by atoms with Gasteiger partial charge in [0.25, 0.3) is 0 Å². The molecule has 4 rings (SSSR count). The number of benzene rings is 1. The first kappa shape index (κ1) is 24.0. The van der Waals surface area contributed by atoms with E-state index in [9.17, 15) is 5.21 Å². The minimum atomic E-state index is -0.473. The summed E-state index contributed by atoms with van der Waals surface area (Å²) >= 11 is 0. The van der Waals surface area contributed by atoms with Crippen LogP contribution in [-0.2, 0) is 20.1 Å². The fraction of sp³-hybridized carbons (Fsp3) is 0.556. The molecule has 1 aliphatic carbocycles. The summed E-state index contributed by atoms with van der Waals surface area (Å²) in [6.45, 7) is 19.5. The third-order valence-electron chi connectivity index (χ3n) is 8.11. The molecule has 2 aromatic rings. The van der Waals surface area contributed by atoms with Crippen molar-refractivity contribution in [1.82, 2.24) is 4.98 Å². The highest BCUT2D eigenvalue weighted by Gasteiger charge is 2.51. The number of hydrogen-bond acceptors (Lipinski definition) is 5. The minimum Gasteiger partial charge on any atom is -0.410 e. The standard InChI is InChI=1S/C27H37BN2O3/c1-17-14-20-21(25(4,5)13-12-24(20,2)3)15-19(17)23(30-31)22-11-10-18(16-29-22)28-32-26(6,7)27(8,9)33-28/h10-11,14-16,31H,12-13H2,1-9H3/b30-23+. The molecule has 0 bridgehead atoms. The maximum Gasteiger partial charge on any atom is 0.496 e. The molecule has 2 heterocycles. The molecular formula is C27H37BN2O3. The highest BCUT2D eigenvalue weighted by atomic mass is 16.7. The van der Waals surface area contributed by atoms with E-state index in [4.69, 9.17) is 9.31 Å². The van der Waals surface area contributed by atoms with Gasteiger partial charge in [-0.2, -0.15) is 0 Å². The van der Waals surface area contributed by atoms with Crippen molar-refractivity contribution in [2.45, 2.75) is 97.2 Å². The van der Waals surface area contributed by atoms with E-state index in [-0.39, 0.29) is 10.8 Å². The number of aryl methyl sites for hydroxylation is 1. The molecule has 1 fully saturated rings. The summed E-state index contributed by atoms with van der Waals surface area (Å²) in [5, 5.41) is 13.7. The Kier molecular flexibility index (Phi) is 5.57. The van der Waals surface area contributed by atoms with Gasteiger partial charge < -0.3 is 14.5 Å². The molecule has 0 radical (unpaired) electrons. The summed E-state index contributed by atoms with van der Waals surface area (Å²) in [5.41, 5.74) is 6.06. The van der Waals surface area contributed by atoms with Crippen LogP contribution in [0.3, 0.4) is 0 Å². The Bertz CT molecular complexity index is 1090. The number of fused-ring (bicyclic) bond motifs is 1. The number of oxime groups is 1. The Morgan fingerprint density at radius 2 is 1.45 bits per heavy atom. The summed E-state index contributed by atoms with van der Waals surface area (Å²) < 4.78 is 12.3. The van der Waals surface area contributed by atoms with Gasteiger partial charge in [-0.05, 0) is 87.1 Å². The fourth-order valence-corrected chi connectivity index (χ4v) is 4.88. The van der Waals surface area contributed by atoms with Crippen LogP contribution in [0.15, 0.2) is 35.6 Å². The number of aromatic nitrogens is 1. The molecule has 0 saturated carbocycles. The van der Waals surface area contributed by atoms with Gasteiger partial charge in [0.05, 0.1) is 16.9 Å². The van der Waals surface area contributed by atoms with Crippen LogP contribution in [0.2, 0.25) is 0 Å². The van der Waals surface area contributed by atoms with Crippen molar-refractivity contribution in [2.24, 2.45) is 5.16 Å². The molecule has 2 aliphatic rings. The Balaban J connectivity index is 1.69. The van der Waals surface area contributed by atoms with Crippen LogP contribution >= 0.6 is 0 Å². The van der Waals surface area contributed by atoms with Crippen LogP contribution in [0.25, 0.3) is 0 Å². The predicted octanol–water partition coefficient (Wildman–Crippen LogP) is 5.26. The fourth-order valence-electron chi connectivity index (χ4n) is 4.88. The topological polar surface area (TPSA) is 63.9 Å². The van der Waals surface area contributed by atoms with Gasteiger partial charge >= 0.3 is 7.12 Å². The molecule has 176 valence electrons. The second-order valence-electron chi connectivity index (χ2n) is 12.0. The Morgan fingerprint density at radius 3 is 1.94 bits per heavy atom. The van der Waals surface area contributed by atoms with Gasteiger partial charge in [-0.1, -0.05) is 45.0 Å². The van der Waals surface area contributed by atoms with Crippen molar-refractivity contribution >= 4 is 18.3 Å². The summed E-state index contributed by atoms with van der Waals surface area (Å²) in [4.78, 5) is 4.63. The molecule has 1 N–H and O–H groups in total. The Hall–Kier alpha value is -2.18. The van der Waals surface area contributed by atoms with Gasteiger partial charge in [-0.3, -0.25) is 4.98 Å². The van der Waals surface area contributed by atoms with E-state index in [1.807, 2.05) is 39.8 Å². The van der Waals surface area contributed by atoms with Crippen molar-refractivity contribution in [3.05, 3.63) is 58.4 Å². The second kappa shape index (κ2) is 7.67. The maximum absolute atomic E-state index is 10.0. The quantitative estimate of drug-likeness (QED) is 0.301. The zero-order valence-corrected chi connectivity index (χ0v) is 21.5. The molecule has 33 heavy (non-hydrogen) atoms. The summed E-state index contributed by atoms with van der Waals surface area (Å²) in [5.74, 6) is 0. The molecule has 0 unspecified atom stereocenters. The van der Waals surface area contributed by atoms with E-state index >= 15 is 0 Å². The van der Waals surface area contributed by atoms with Gasteiger partial charge in [0.15, 0.2) is 0 Å². The summed E-state index contributed by atoms with van der Waals surface area (Å²) in [7, 11) is -0.473. The maximum atomic E-state index is 10.0. The molecule has 0 spiro atoms. The molecular weight excluding hydrogens is 411 g/mol. The molecule has 0 atom stereocenters. The van der Waals surface area contributed by atoms with Crippen molar-refractivity contribution in [3.8, 4) is 0 Å². The highest BCUT2D eigenvalue weighted by Crippen LogP contribution is 2.46. The van der Waals surface area contributed by atoms with Crippen LogP contribution in [0.4, 0.5) is 0 Å². The molecule has 1 aromatic heterocycles. The molecule has 6 heteroatoms. The van der Waals surface area contributed by atoms with Gasteiger partial charge in [0, 0.05) is 17.2 Å². The number of rotatable bonds is 3. The lowest BCUT2D eigenvalue weighted by Crippen LogP contribution is -2.41. The number of nitrogens with zero attached hydrogens (tertiary/aromatic N) is 2. The third-order valence-corrected chi connectivity index (χ3v) is 8.11. The molecule has 1 aliphatic heterocycles.